The predicted octanol–water partition coefficient (Wildman–Crippen LogP) is 3.43. The van der Waals surface area contributed by atoms with E-state index >= 15 is 0 Å². The van der Waals surface area contributed by atoms with E-state index < -0.39 is 0 Å². The highest BCUT2D eigenvalue weighted by atomic mass is 15.3. The van der Waals surface area contributed by atoms with Gasteiger partial charge in [0, 0.05) is 24.5 Å². The Balaban J connectivity index is 1.97. The molecular formula is C17H20N4. The summed E-state index contributed by atoms with van der Waals surface area (Å²) in [5.74, 6) is 1.85. The summed E-state index contributed by atoms with van der Waals surface area (Å²) < 4.78 is 1.96. The lowest BCUT2D eigenvalue weighted by Crippen LogP contribution is -2.35. The van der Waals surface area contributed by atoms with Crippen molar-refractivity contribution in [2.45, 2.75) is 26.7 Å². The summed E-state index contributed by atoms with van der Waals surface area (Å²) in [4.78, 5) is 7.35. The third-order valence-electron chi connectivity index (χ3n) is 4.36. The third kappa shape index (κ3) is 2.06. The van der Waals surface area contributed by atoms with E-state index in [2.05, 4.69) is 47.3 Å². The Morgan fingerprint density at radius 3 is 2.95 bits per heavy atom. The lowest BCUT2D eigenvalue weighted by atomic mass is 10.00. The minimum absolute atomic E-state index is 0.738. The summed E-state index contributed by atoms with van der Waals surface area (Å²) in [7, 11) is 0. The largest absolute Gasteiger partial charge is 0.356 e. The van der Waals surface area contributed by atoms with Gasteiger partial charge in [0.2, 0.25) is 0 Å². The third-order valence-corrected chi connectivity index (χ3v) is 4.36. The Labute approximate surface area is 124 Å². The molecule has 4 rings (SSSR count). The van der Waals surface area contributed by atoms with E-state index in [0.717, 1.165) is 41.7 Å². The van der Waals surface area contributed by atoms with Crippen molar-refractivity contribution in [1.29, 1.82) is 0 Å². The van der Waals surface area contributed by atoms with Gasteiger partial charge in [-0.2, -0.15) is 5.10 Å². The van der Waals surface area contributed by atoms with Crippen molar-refractivity contribution in [2.75, 3.05) is 18.0 Å². The van der Waals surface area contributed by atoms with Gasteiger partial charge in [-0.15, -0.1) is 0 Å². The molecule has 0 amide bonds. The Hall–Kier alpha value is -2.10. The lowest BCUT2D eigenvalue weighted by Gasteiger charge is -2.32. The zero-order valence-corrected chi connectivity index (χ0v) is 12.6. The number of nitrogens with zero attached hydrogens (tertiary/aromatic N) is 4. The summed E-state index contributed by atoms with van der Waals surface area (Å²) in [6.07, 6.45) is 2.57. The molecule has 1 aromatic carbocycles. The molecule has 4 heteroatoms. The molecule has 1 saturated heterocycles. The summed E-state index contributed by atoms with van der Waals surface area (Å²) in [5.41, 5.74) is 3.10. The average Bonchev–Trinajstić information content (AvgIpc) is 2.87. The summed E-state index contributed by atoms with van der Waals surface area (Å²) in [6.45, 7) is 6.55. The van der Waals surface area contributed by atoms with Crippen molar-refractivity contribution in [3.05, 3.63) is 36.0 Å². The highest BCUT2D eigenvalue weighted by Crippen LogP contribution is 2.29. The molecule has 1 atom stereocenters. The van der Waals surface area contributed by atoms with Crippen molar-refractivity contribution >= 4 is 22.4 Å². The number of piperidine rings is 1. The van der Waals surface area contributed by atoms with Crippen LogP contribution < -0.4 is 4.90 Å². The second-order valence-corrected chi connectivity index (χ2v) is 6.20. The van der Waals surface area contributed by atoms with Crippen LogP contribution in [0.2, 0.25) is 0 Å². The molecule has 0 spiro atoms. The maximum atomic E-state index is 4.91. The molecule has 1 fully saturated rings. The zero-order chi connectivity index (χ0) is 14.4. The Morgan fingerprint density at radius 2 is 2.10 bits per heavy atom. The monoisotopic (exact) mass is 280 g/mol. The van der Waals surface area contributed by atoms with Crippen molar-refractivity contribution in [3.63, 3.8) is 0 Å². The fourth-order valence-electron chi connectivity index (χ4n) is 3.38. The topological polar surface area (TPSA) is 33.4 Å². The molecule has 0 bridgehead atoms. The normalized spacial score (nSPS) is 19.5. The van der Waals surface area contributed by atoms with Crippen LogP contribution in [-0.2, 0) is 0 Å². The quantitative estimate of drug-likeness (QED) is 0.685. The number of rotatable bonds is 1. The van der Waals surface area contributed by atoms with Crippen molar-refractivity contribution in [1.82, 2.24) is 14.6 Å². The molecule has 4 nitrogen and oxygen atoms in total. The Bertz CT molecular complexity index is 805. The summed E-state index contributed by atoms with van der Waals surface area (Å²) in [5, 5.41) is 5.77. The highest BCUT2D eigenvalue weighted by Gasteiger charge is 2.20. The standard InChI is InChI=1S/C17H20N4/c1-12-6-5-9-20(11-12)17-14-7-3-4-8-15(14)21-16(18-17)10-13(2)19-21/h3-4,7-8,10,12H,5-6,9,11H2,1-2H3/t12-/m1/s1. The fourth-order valence-corrected chi connectivity index (χ4v) is 3.38. The van der Waals surface area contributed by atoms with E-state index in [4.69, 9.17) is 4.98 Å². The first-order valence-corrected chi connectivity index (χ1v) is 7.72. The molecule has 21 heavy (non-hydrogen) atoms. The van der Waals surface area contributed by atoms with E-state index in [1.165, 1.54) is 18.2 Å². The highest BCUT2D eigenvalue weighted by molar-refractivity contribution is 5.91. The van der Waals surface area contributed by atoms with E-state index in [1.807, 2.05) is 11.4 Å². The van der Waals surface area contributed by atoms with Crippen molar-refractivity contribution in [2.24, 2.45) is 5.92 Å². The van der Waals surface area contributed by atoms with Gasteiger partial charge in [0.1, 0.15) is 5.82 Å². The van der Waals surface area contributed by atoms with Crippen LogP contribution in [0.5, 0.6) is 0 Å². The van der Waals surface area contributed by atoms with Gasteiger partial charge < -0.3 is 4.90 Å². The average molecular weight is 280 g/mol. The van der Waals surface area contributed by atoms with Crippen LogP contribution in [0.25, 0.3) is 16.6 Å². The van der Waals surface area contributed by atoms with Crippen molar-refractivity contribution in [3.8, 4) is 0 Å². The maximum Gasteiger partial charge on any atom is 0.158 e. The van der Waals surface area contributed by atoms with Gasteiger partial charge >= 0.3 is 0 Å². The van der Waals surface area contributed by atoms with E-state index in [9.17, 15) is 0 Å². The molecule has 0 aliphatic carbocycles. The molecular weight excluding hydrogens is 260 g/mol. The first kappa shape index (κ1) is 12.6. The van der Waals surface area contributed by atoms with Gasteiger partial charge in [-0.05, 0) is 37.8 Å². The van der Waals surface area contributed by atoms with E-state index in [-0.39, 0.29) is 0 Å². The molecule has 3 heterocycles. The number of hydrogen-bond donors (Lipinski definition) is 0. The summed E-state index contributed by atoms with van der Waals surface area (Å²) in [6, 6.07) is 10.5. The van der Waals surface area contributed by atoms with Crippen LogP contribution in [0, 0.1) is 12.8 Å². The Kier molecular flexibility index (Phi) is 2.84. The zero-order valence-electron chi connectivity index (χ0n) is 12.6. The van der Waals surface area contributed by atoms with Gasteiger partial charge in [0.15, 0.2) is 5.65 Å². The van der Waals surface area contributed by atoms with Crippen LogP contribution in [0.15, 0.2) is 30.3 Å². The summed E-state index contributed by atoms with van der Waals surface area (Å²) >= 11 is 0. The molecule has 0 saturated carbocycles. The number of benzene rings is 1. The minimum atomic E-state index is 0.738. The van der Waals surface area contributed by atoms with Gasteiger partial charge in [-0.1, -0.05) is 19.1 Å². The molecule has 2 aromatic heterocycles. The lowest BCUT2D eigenvalue weighted by molar-refractivity contribution is 0.445. The minimum Gasteiger partial charge on any atom is -0.356 e. The molecule has 108 valence electrons. The number of aryl methyl sites for hydroxylation is 1. The molecule has 0 N–H and O–H groups in total. The predicted molar refractivity (Wildman–Crippen MR) is 85.8 cm³/mol. The van der Waals surface area contributed by atoms with Crippen molar-refractivity contribution < 1.29 is 0 Å². The first-order valence-electron chi connectivity index (χ1n) is 7.72. The second-order valence-electron chi connectivity index (χ2n) is 6.20. The Morgan fingerprint density at radius 1 is 1.24 bits per heavy atom. The smallest absolute Gasteiger partial charge is 0.158 e. The SMILES string of the molecule is Cc1cc2nc(N3CCC[C@@H](C)C3)c3ccccc3n2n1. The molecule has 0 radical (unpaired) electrons. The van der Waals surface area contributed by atoms with Crippen LogP contribution in [0.4, 0.5) is 5.82 Å². The fraction of sp³-hybridized carbons (Fsp3) is 0.412. The number of aromatic nitrogens is 3. The first-order chi connectivity index (χ1) is 10.2. The molecule has 1 aliphatic rings. The number of fused-ring (bicyclic) bond motifs is 3. The number of anilines is 1. The molecule has 0 unspecified atom stereocenters. The molecule has 3 aromatic rings. The van der Waals surface area contributed by atoms with Gasteiger partial charge in [-0.3, -0.25) is 0 Å². The van der Waals surface area contributed by atoms with E-state index in [0.29, 0.717) is 0 Å². The number of hydrogen-bond acceptors (Lipinski definition) is 3. The van der Waals surface area contributed by atoms with Crippen LogP contribution in [0.1, 0.15) is 25.5 Å². The number of para-hydroxylation sites is 1. The van der Waals surface area contributed by atoms with Crippen LogP contribution in [0.3, 0.4) is 0 Å². The van der Waals surface area contributed by atoms with E-state index in [1.54, 1.807) is 0 Å². The van der Waals surface area contributed by atoms with Gasteiger partial charge in [0.05, 0.1) is 11.2 Å². The van der Waals surface area contributed by atoms with Gasteiger partial charge in [-0.25, -0.2) is 9.50 Å². The van der Waals surface area contributed by atoms with Crippen LogP contribution in [-0.4, -0.2) is 27.7 Å². The maximum absolute atomic E-state index is 4.91. The molecule has 1 aliphatic heterocycles. The second kappa shape index (κ2) is 4.72. The van der Waals surface area contributed by atoms with Crippen LogP contribution >= 0.6 is 0 Å². The van der Waals surface area contributed by atoms with Gasteiger partial charge in [0.25, 0.3) is 0 Å².